The molecule has 0 saturated heterocycles. The number of H-pyrrole nitrogens is 1. The number of aromatic amines is 1. The molecule has 140 valence electrons. The molecule has 8 nitrogen and oxygen atoms in total. The Morgan fingerprint density at radius 3 is 2.89 bits per heavy atom. The van der Waals surface area contributed by atoms with E-state index in [9.17, 15) is 14.4 Å². The zero-order valence-corrected chi connectivity index (χ0v) is 15.1. The van der Waals surface area contributed by atoms with Crippen molar-refractivity contribution >= 4 is 16.7 Å². The van der Waals surface area contributed by atoms with E-state index in [1.54, 1.807) is 24.3 Å². The van der Waals surface area contributed by atoms with Gasteiger partial charge in [0.1, 0.15) is 0 Å². The molecular formula is C19H21N5O3. The number of rotatable bonds is 4. The summed E-state index contributed by atoms with van der Waals surface area (Å²) in [6.45, 7) is 0.122. The Morgan fingerprint density at radius 1 is 1.30 bits per heavy atom. The van der Waals surface area contributed by atoms with Crippen LogP contribution in [0.3, 0.4) is 0 Å². The van der Waals surface area contributed by atoms with Crippen LogP contribution in [0.5, 0.6) is 0 Å². The van der Waals surface area contributed by atoms with Crippen LogP contribution in [0, 0.1) is 0 Å². The van der Waals surface area contributed by atoms with Gasteiger partial charge in [-0.05, 0) is 31.4 Å². The standard InChI is InChI=1S/C19H21N5O3/c1-23-16-8-4-7-15(14(16)11-20-23)21-17(25)9-10-24-19(27)13-6-3-2-5-12(13)18(26)22-24/h2-3,5-6,11,15H,4,7-10H2,1H3,(H,21,25)(H,22,26)/t15-/m1/s1. The first-order valence-electron chi connectivity index (χ1n) is 9.06. The maximum absolute atomic E-state index is 12.5. The maximum atomic E-state index is 12.5. The number of benzene rings is 1. The Labute approximate surface area is 154 Å². The van der Waals surface area contributed by atoms with E-state index in [-0.39, 0.29) is 36.0 Å². The molecule has 0 radical (unpaired) electrons. The van der Waals surface area contributed by atoms with Crippen LogP contribution in [-0.2, 0) is 24.8 Å². The second kappa shape index (κ2) is 6.86. The van der Waals surface area contributed by atoms with E-state index < -0.39 is 0 Å². The Bertz CT molecular complexity index is 1120. The van der Waals surface area contributed by atoms with Gasteiger partial charge in [-0.1, -0.05) is 12.1 Å². The summed E-state index contributed by atoms with van der Waals surface area (Å²) in [7, 11) is 1.91. The van der Waals surface area contributed by atoms with E-state index in [1.165, 1.54) is 4.68 Å². The van der Waals surface area contributed by atoms with Crippen molar-refractivity contribution in [2.24, 2.45) is 7.05 Å². The maximum Gasteiger partial charge on any atom is 0.273 e. The van der Waals surface area contributed by atoms with Crippen LogP contribution in [0.4, 0.5) is 0 Å². The van der Waals surface area contributed by atoms with Crippen molar-refractivity contribution in [2.75, 3.05) is 0 Å². The molecule has 3 aromatic rings. The molecule has 0 fully saturated rings. The zero-order chi connectivity index (χ0) is 19.0. The first kappa shape index (κ1) is 17.3. The third kappa shape index (κ3) is 3.18. The fourth-order valence-electron chi connectivity index (χ4n) is 3.74. The first-order chi connectivity index (χ1) is 13.0. The number of carbonyl (C=O) groups is 1. The highest BCUT2D eigenvalue weighted by Crippen LogP contribution is 2.29. The third-order valence-electron chi connectivity index (χ3n) is 5.16. The van der Waals surface area contributed by atoms with Gasteiger partial charge in [0.2, 0.25) is 5.91 Å². The van der Waals surface area contributed by atoms with E-state index >= 15 is 0 Å². The number of nitrogens with zero attached hydrogens (tertiary/aromatic N) is 3. The Hall–Kier alpha value is -3.16. The molecule has 0 bridgehead atoms. The van der Waals surface area contributed by atoms with Gasteiger partial charge in [0.25, 0.3) is 11.1 Å². The topological polar surface area (TPSA) is 102 Å². The van der Waals surface area contributed by atoms with Crippen LogP contribution in [-0.4, -0.2) is 25.5 Å². The number of fused-ring (bicyclic) bond motifs is 2. The van der Waals surface area contributed by atoms with E-state index in [0.717, 1.165) is 30.5 Å². The molecule has 0 aliphatic heterocycles. The van der Waals surface area contributed by atoms with Crippen molar-refractivity contribution in [1.82, 2.24) is 24.9 Å². The molecule has 1 atom stereocenters. The lowest BCUT2D eigenvalue weighted by Gasteiger charge is -2.23. The average Bonchev–Trinajstić information content (AvgIpc) is 3.06. The molecule has 1 aliphatic carbocycles. The van der Waals surface area contributed by atoms with E-state index in [2.05, 4.69) is 15.5 Å². The van der Waals surface area contributed by atoms with Crippen LogP contribution < -0.4 is 16.4 Å². The van der Waals surface area contributed by atoms with Crippen LogP contribution in [0.1, 0.15) is 36.6 Å². The predicted octanol–water partition coefficient (Wildman–Crippen LogP) is 1.01. The zero-order valence-electron chi connectivity index (χ0n) is 15.1. The van der Waals surface area contributed by atoms with Crippen molar-refractivity contribution in [1.29, 1.82) is 0 Å². The van der Waals surface area contributed by atoms with Crippen molar-refractivity contribution in [3.8, 4) is 0 Å². The summed E-state index contributed by atoms with van der Waals surface area (Å²) >= 11 is 0. The smallest absolute Gasteiger partial charge is 0.273 e. The van der Waals surface area contributed by atoms with E-state index in [1.807, 2.05) is 17.9 Å². The first-order valence-corrected chi connectivity index (χ1v) is 9.06. The molecular weight excluding hydrogens is 346 g/mol. The number of carbonyl (C=O) groups excluding carboxylic acids is 1. The summed E-state index contributed by atoms with van der Waals surface area (Å²) in [5.74, 6) is -0.155. The van der Waals surface area contributed by atoms with Gasteiger partial charge < -0.3 is 5.32 Å². The highest BCUT2D eigenvalue weighted by molar-refractivity contribution is 5.80. The molecule has 0 spiro atoms. The normalized spacial score (nSPS) is 16.3. The van der Waals surface area contributed by atoms with E-state index in [4.69, 9.17) is 0 Å². The minimum Gasteiger partial charge on any atom is -0.349 e. The summed E-state index contributed by atoms with van der Waals surface area (Å²) in [6, 6.07) is 6.61. The molecule has 1 aromatic carbocycles. The lowest BCUT2D eigenvalue weighted by molar-refractivity contribution is -0.122. The fourth-order valence-corrected chi connectivity index (χ4v) is 3.74. The molecule has 0 saturated carbocycles. The molecule has 2 N–H and O–H groups in total. The van der Waals surface area contributed by atoms with Crippen LogP contribution in [0.25, 0.3) is 10.8 Å². The van der Waals surface area contributed by atoms with Gasteiger partial charge in [-0.2, -0.15) is 5.10 Å². The summed E-state index contributed by atoms with van der Waals surface area (Å²) in [6.07, 6.45) is 4.75. The molecule has 1 aliphatic rings. The summed E-state index contributed by atoms with van der Waals surface area (Å²) in [5.41, 5.74) is 1.58. The van der Waals surface area contributed by atoms with Crippen LogP contribution >= 0.6 is 0 Å². The molecule has 0 unspecified atom stereocenters. The largest absolute Gasteiger partial charge is 0.349 e. The molecule has 8 heteroatoms. The van der Waals surface area contributed by atoms with Gasteiger partial charge in [0.15, 0.2) is 0 Å². The van der Waals surface area contributed by atoms with Gasteiger partial charge >= 0.3 is 0 Å². The molecule has 4 rings (SSSR count). The van der Waals surface area contributed by atoms with Gasteiger partial charge in [-0.3, -0.25) is 24.2 Å². The quantitative estimate of drug-likeness (QED) is 0.718. The van der Waals surface area contributed by atoms with E-state index in [0.29, 0.717) is 10.8 Å². The summed E-state index contributed by atoms with van der Waals surface area (Å²) in [4.78, 5) is 37.0. The molecule has 2 aromatic heterocycles. The van der Waals surface area contributed by atoms with Gasteiger partial charge in [0.05, 0.1) is 29.6 Å². The van der Waals surface area contributed by atoms with Crippen molar-refractivity contribution < 1.29 is 4.79 Å². The summed E-state index contributed by atoms with van der Waals surface area (Å²) < 4.78 is 3.06. The SMILES string of the molecule is Cn1ncc2c1CCC[C@H]2NC(=O)CCn1[nH]c(=O)c2ccccc2c1=O. The van der Waals surface area contributed by atoms with Crippen LogP contribution in [0.15, 0.2) is 40.1 Å². The number of amides is 1. The predicted molar refractivity (Wildman–Crippen MR) is 100 cm³/mol. The fraction of sp³-hybridized carbons (Fsp3) is 0.368. The van der Waals surface area contributed by atoms with Crippen LogP contribution in [0.2, 0.25) is 0 Å². The highest BCUT2D eigenvalue weighted by atomic mass is 16.2. The lowest BCUT2D eigenvalue weighted by Crippen LogP contribution is -2.34. The summed E-state index contributed by atoms with van der Waals surface area (Å²) in [5, 5.41) is 10.6. The number of hydrogen-bond acceptors (Lipinski definition) is 4. The number of aryl methyl sites for hydroxylation is 2. The second-order valence-corrected chi connectivity index (χ2v) is 6.88. The van der Waals surface area contributed by atoms with Gasteiger partial charge in [-0.25, -0.2) is 4.68 Å². The van der Waals surface area contributed by atoms with Gasteiger partial charge in [-0.15, -0.1) is 0 Å². The minimum absolute atomic E-state index is 0.0534. The molecule has 2 heterocycles. The van der Waals surface area contributed by atoms with Gasteiger partial charge in [0, 0.05) is 24.7 Å². The third-order valence-corrected chi connectivity index (χ3v) is 5.16. The Morgan fingerprint density at radius 2 is 2.07 bits per heavy atom. The average molecular weight is 367 g/mol. The lowest BCUT2D eigenvalue weighted by atomic mass is 9.93. The number of nitrogens with one attached hydrogen (secondary N) is 2. The van der Waals surface area contributed by atoms with Crippen molar-refractivity contribution in [3.63, 3.8) is 0 Å². The Kier molecular flexibility index (Phi) is 4.39. The Balaban J connectivity index is 1.48. The van der Waals surface area contributed by atoms with Crippen molar-refractivity contribution in [3.05, 3.63) is 62.4 Å². The second-order valence-electron chi connectivity index (χ2n) is 6.88. The molecule has 27 heavy (non-hydrogen) atoms. The number of aromatic nitrogens is 4. The highest BCUT2D eigenvalue weighted by Gasteiger charge is 2.24. The number of hydrogen-bond donors (Lipinski definition) is 2. The minimum atomic E-state index is -0.335. The van der Waals surface area contributed by atoms with Crippen molar-refractivity contribution in [2.45, 2.75) is 38.3 Å². The molecule has 1 amide bonds. The monoisotopic (exact) mass is 367 g/mol.